The summed E-state index contributed by atoms with van der Waals surface area (Å²) in [4.78, 5) is 25.9. The van der Waals surface area contributed by atoms with Gasteiger partial charge < -0.3 is 15.0 Å². The Kier molecular flexibility index (Phi) is 6.46. The summed E-state index contributed by atoms with van der Waals surface area (Å²) in [7, 11) is 0. The lowest BCUT2D eigenvalue weighted by atomic mass is 10.1. The number of hydrogen-bond acceptors (Lipinski definition) is 10. The van der Waals surface area contributed by atoms with E-state index in [0.717, 1.165) is 11.1 Å². The quantitative estimate of drug-likeness (QED) is 0.327. The normalized spacial score (nSPS) is 13.8. The number of nitro benzene ring substituents is 1. The predicted molar refractivity (Wildman–Crippen MR) is 122 cm³/mol. The number of nitro groups is 1. The molecular formula is C21H22N8O3. The van der Waals surface area contributed by atoms with Crippen LogP contribution >= 0.6 is 0 Å². The van der Waals surface area contributed by atoms with Crippen LogP contribution in [0.4, 0.5) is 29.2 Å². The van der Waals surface area contributed by atoms with Crippen LogP contribution in [0.2, 0.25) is 0 Å². The first-order chi connectivity index (χ1) is 15.6. The van der Waals surface area contributed by atoms with Gasteiger partial charge in [-0.15, -0.1) is 0 Å². The summed E-state index contributed by atoms with van der Waals surface area (Å²) in [5.41, 5.74) is 5.38. The van der Waals surface area contributed by atoms with Crippen LogP contribution in [0.1, 0.15) is 11.1 Å². The first-order valence-corrected chi connectivity index (χ1v) is 10.0. The average Bonchev–Trinajstić information content (AvgIpc) is 2.81. The molecule has 0 radical (unpaired) electrons. The van der Waals surface area contributed by atoms with Crippen LogP contribution < -0.4 is 15.6 Å². The standard InChI is InChI=1S/C21H22N8O3/c1-15-5-2-3-6-16(15)14-22-27-20-24-19(23-17-7-4-8-18(13-17)29(30)31)25-21(26-20)28-9-11-32-12-10-28/h2-8,13-14H,9-12H2,1H3,(H2,23,24,25,26,27). The molecule has 2 aromatic carbocycles. The molecule has 0 spiro atoms. The van der Waals surface area contributed by atoms with Crippen LogP contribution in [0.15, 0.2) is 53.6 Å². The van der Waals surface area contributed by atoms with Gasteiger partial charge in [0.1, 0.15) is 0 Å². The van der Waals surface area contributed by atoms with Crippen molar-refractivity contribution in [3.8, 4) is 0 Å². The number of aromatic nitrogens is 3. The van der Waals surface area contributed by atoms with Crippen LogP contribution in [-0.4, -0.2) is 52.4 Å². The highest BCUT2D eigenvalue weighted by Crippen LogP contribution is 2.22. The van der Waals surface area contributed by atoms with Gasteiger partial charge in [0, 0.05) is 30.9 Å². The minimum absolute atomic E-state index is 0.0290. The molecule has 1 aliphatic rings. The molecule has 11 nitrogen and oxygen atoms in total. The molecule has 0 atom stereocenters. The van der Waals surface area contributed by atoms with E-state index in [1.165, 1.54) is 12.1 Å². The molecule has 32 heavy (non-hydrogen) atoms. The van der Waals surface area contributed by atoms with Gasteiger partial charge in [-0.3, -0.25) is 10.1 Å². The van der Waals surface area contributed by atoms with Gasteiger partial charge in [-0.1, -0.05) is 30.3 Å². The van der Waals surface area contributed by atoms with E-state index in [2.05, 4.69) is 30.8 Å². The smallest absolute Gasteiger partial charge is 0.271 e. The van der Waals surface area contributed by atoms with Crippen LogP contribution in [-0.2, 0) is 4.74 Å². The summed E-state index contributed by atoms with van der Waals surface area (Å²) in [5.74, 6) is 0.958. The monoisotopic (exact) mass is 434 g/mol. The molecule has 0 aliphatic carbocycles. The Bertz CT molecular complexity index is 1130. The highest BCUT2D eigenvalue weighted by Gasteiger charge is 2.17. The summed E-state index contributed by atoms with van der Waals surface area (Å²) in [5, 5.41) is 18.3. The van der Waals surface area contributed by atoms with Gasteiger partial charge in [0.25, 0.3) is 5.69 Å². The Hall–Kier alpha value is -4.12. The van der Waals surface area contributed by atoms with E-state index in [1.54, 1.807) is 18.3 Å². The Morgan fingerprint density at radius 2 is 1.88 bits per heavy atom. The van der Waals surface area contributed by atoms with Crippen molar-refractivity contribution < 1.29 is 9.66 Å². The summed E-state index contributed by atoms with van der Waals surface area (Å²) in [6.07, 6.45) is 1.70. The Balaban J connectivity index is 1.59. The van der Waals surface area contributed by atoms with Crippen molar-refractivity contribution in [1.82, 2.24) is 15.0 Å². The maximum Gasteiger partial charge on any atom is 0.271 e. The third-order valence-corrected chi connectivity index (χ3v) is 4.79. The van der Waals surface area contributed by atoms with E-state index in [4.69, 9.17) is 4.74 Å². The highest BCUT2D eigenvalue weighted by molar-refractivity contribution is 5.82. The van der Waals surface area contributed by atoms with Gasteiger partial charge in [0.15, 0.2) is 0 Å². The second-order valence-corrected chi connectivity index (χ2v) is 7.04. The molecule has 0 saturated carbocycles. The summed E-state index contributed by atoms with van der Waals surface area (Å²) >= 11 is 0. The Morgan fingerprint density at radius 3 is 2.66 bits per heavy atom. The zero-order valence-electron chi connectivity index (χ0n) is 17.4. The molecule has 1 aromatic heterocycles. The van der Waals surface area contributed by atoms with Crippen molar-refractivity contribution in [2.75, 3.05) is 41.9 Å². The Labute approximate surface area is 184 Å². The summed E-state index contributed by atoms with van der Waals surface area (Å²) in [6.45, 7) is 4.45. The number of nitrogens with zero attached hydrogens (tertiary/aromatic N) is 6. The van der Waals surface area contributed by atoms with E-state index in [0.29, 0.717) is 37.9 Å². The van der Waals surface area contributed by atoms with E-state index < -0.39 is 4.92 Å². The fourth-order valence-electron chi connectivity index (χ4n) is 3.09. The van der Waals surface area contributed by atoms with Crippen molar-refractivity contribution in [3.05, 3.63) is 69.8 Å². The maximum absolute atomic E-state index is 11.1. The fraction of sp³-hybridized carbons (Fsp3) is 0.238. The van der Waals surface area contributed by atoms with E-state index in [9.17, 15) is 10.1 Å². The molecule has 0 unspecified atom stereocenters. The number of hydrazone groups is 1. The lowest BCUT2D eigenvalue weighted by Gasteiger charge is -2.27. The summed E-state index contributed by atoms with van der Waals surface area (Å²) in [6, 6.07) is 14.0. The van der Waals surface area contributed by atoms with Gasteiger partial charge in [-0.2, -0.15) is 20.1 Å². The van der Waals surface area contributed by atoms with E-state index in [1.807, 2.05) is 36.1 Å². The largest absolute Gasteiger partial charge is 0.378 e. The van der Waals surface area contributed by atoms with Crippen molar-refractivity contribution in [1.29, 1.82) is 0 Å². The second kappa shape index (κ2) is 9.79. The van der Waals surface area contributed by atoms with Gasteiger partial charge in [-0.25, -0.2) is 5.43 Å². The average molecular weight is 434 g/mol. The zero-order valence-corrected chi connectivity index (χ0v) is 17.4. The Morgan fingerprint density at radius 1 is 1.09 bits per heavy atom. The van der Waals surface area contributed by atoms with Crippen molar-refractivity contribution in [3.63, 3.8) is 0 Å². The number of hydrogen-bond donors (Lipinski definition) is 2. The number of nitrogens with one attached hydrogen (secondary N) is 2. The third kappa shape index (κ3) is 5.32. The fourth-order valence-corrected chi connectivity index (χ4v) is 3.09. The molecule has 1 saturated heterocycles. The lowest BCUT2D eigenvalue weighted by Crippen LogP contribution is -2.37. The van der Waals surface area contributed by atoms with Gasteiger partial charge in [0.2, 0.25) is 17.8 Å². The van der Waals surface area contributed by atoms with E-state index in [-0.39, 0.29) is 17.6 Å². The molecule has 2 N–H and O–H groups in total. The van der Waals surface area contributed by atoms with Gasteiger partial charge in [0.05, 0.1) is 24.4 Å². The second-order valence-electron chi connectivity index (χ2n) is 7.04. The number of morpholine rings is 1. The van der Waals surface area contributed by atoms with Crippen molar-refractivity contribution in [2.24, 2.45) is 5.10 Å². The van der Waals surface area contributed by atoms with Crippen LogP contribution in [0, 0.1) is 17.0 Å². The minimum Gasteiger partial charge on any atom is -0.378 e. The third-order valence-electron chi connectivity index (χ3n) is 4.79. The van der Waals surface area contributed by atoms with Crippen LogP contribution in [0.5, 0.6) is 0 Å². The molecule has 2 heterocycles. The number of anilines is 4. The lowest BCUT2D eigenvalue weighted by molar-refractivity contribution is -0.384. The molecule has 1 fully saturated rings. The number of non-ortho nitro benzene ring substituents is 1. The van der Waals surface area contributed by atoms with Crippen molar-refractivity contribution in [2.45, 2.75) is 6.92 Å². The summed E-state index contributed by atoms with van der Waals surface area (Å²) < 4.78 is 5.41. The SMILES string of the molecule is Cc1ccccc1C=NNc1nc(Nc2cccc([N+](=O)[O-])c2)nc(N2CCOCC2)n1. The topological polar surface area (TPSA) is 131 Å². The number of rotatable bonds is 7. The molecule has 164 valence electrons. The first kappa shape index (κ1) is 21.1. The zero-order chi connectivity index (χ0) is 22.3. The van der Waals surface area contributed by atoms with Crippen molar-refractivity contribution >= 4 is 35.4 Å². The van der Waals surface area contributed by atoms with Gasteiger partial charge >= 0.3 is 0 Å². The maximum atomic E-state index is 11.1. The molecule has 3 aromatic rings. The highest BCUT2D eigenvalue weighted by atomic mass is 16.6. The van der Waals surface area contributed by atoms with Crippen LogP contribution in [0.3, 0.4) is 0 Å². The number of ether oxygens (including phenoxy) is 1. The molecule has 1 aliphatic heterocycles. The van der Waals surface area contributed by atoms with Gasteiger partial charge in [-0.05, 0) is 24.1 Å². The predicted octanol–water partition coefficient (Wildman–Crippen LogP) is 3.11. The first-order valence-electron chi connectivity index (χ1n) is 10.0. The molecular weight excluding hydrogens is 412 g/mol. The minimum atomic E-state index is -0.453. The molecule has 0 amide bonds. The molecule has 0 bridgehead atoms. The molecule has 4 rings (SSSR count). The molecule has 11 heteroatoms. The number of benzene rings is 2. The number of aryl methyl sites for hydroxylation is 1. The van der Waals surface area contributed by atoms with Crippen LogP contribution in [0.25, 0.3) is 0 Å². The van der Waals surface area contributed by atoms with E-state index >= 15 is 0 Å².